The first kappa shape index (κ1) is 21.4. The van der Waals surface area contributed by atoms with Gasteiger partial charge in [0.05, 0.1) is 25.8 Å². The Kier molecular flexibility index (Phi) is 6.07. The number of aryl methyl sites for hydroxylation is 1. The van der Waals surface area contributed by atoms with Crippen LogP contribution in [-0.4, -0.2) is 58.7 Å². The zero-order valence-electron chi connectivity index (χ0n) is 18.2. The van der Waals surface area contributed by atoms with Crippen LogP contribution in [0.3, 0.4) is 0 Å². The van der Waals surface area contributed by atoms with E-state index in [4.69, 9.17) is 9.47 Å². The SMILES string of the molecule is COc1cccc(C(=O)N2C[C@@H](NC(=O)c3ccccc3)C[C@H]2c2n[nH]c(C)n2)c1OC. The maximum absolute atomic E-state index is 13.6. The minimum absolute atomic E-state index is 0.186. The van der Waals surface area contributed by atoms with Crippen LogP contribution in [0.25, 0.3) is 0 Å². The predicted octanol–water partition coefficient (Wildman–Crippen LogP) is 2.52. The third kappa shape index (κ3) is 4.14. The van der Waals surface area contributed by atoms with Crippen LogP contribution in [0, 0.1) is 6.92 Å². The van der Waals surface area contributed by atoms with Crippen LogP contribution in [0.2, 0.25) is 0 Å². The van der Waals surface area contributed by atoms with E-state index in [9.17, 15) is 9.59 Å². The number of aromatic nitrogens is 3. The number of rotatable bonds is 6. The van der Waals surface area contributed by atoms with Crippen molar-refractivity contribution in [3.63, 3.8) is 0 Å². The largest absolute Gasteiger partial charge is 0.493 e. The minimum Gasteiger partial charge on any atom is -0.493 e. The first-order valence-corrected chi connectivity index (χ1v) is 10.3. The van der Waals surface area contributed by atoms with Gasteiger partial charge in [-0.2, -0.15) is 5.10 Å². The summed E-state index contributed by atoms with van der Waals surface area (Å²) in [6.07, 6.45) is 0.494. The molecule has 0 saturated carbocycles. The predicted molar refractivity (Wildman–Crippen MR) is 117 cm³/mol. The fourth-order valence-corrected chi connectivity index (χ4v) is 3.99. The second-order valence-electron chi connectivity index (χ2n) is 7.57. The molecule has 166 valence electrons. The molecule has 32 heavy (non-hydrogen) atoms. The van der Waals surface area contributed by atoms with E-state index in [1.807, 2.05) is 18.2 Å². The number of carbonyl (C=O) groups excluding carboxylic acids is 2. The standard InChI is InChI=1S/C23H25N5O4/c1-14-24-21(27-26-14)18-12-16(25-22(29)15-8-5-4-6-9-15)13-28(18)23(30)17-10-7-11-19(31-2)20(17)32-3/h4-11,16,18H,12-13H2,1-3H3,(H,25,29)(H,24,26,27)/t16-,18-/m0/s1. The van der Waals surface area contributed by atoms with E-state index in [2.05, 4.69) is 20.5 Å². The molecule has 0 spiro atoms. The Morgan fingerprint density at radius 3 is 2.53 bits per heavy atom. The molecule has 1 saturated heterocycles. The maximum atomic E-state index is 13.6. The molecule has 0 aliphatic carbocycles. The third-order valence-corrected chi connectivity index (χ3v) is 5.48. The number of hydrogen-bond donors (Lipinski definition) is 2. The van der Waals surface area contributed by atoms with Crippen LogP contribution in [0.1, 0.15) is 44.8 Å². The Balaban J connectivity index is 1.63. The normalized spacial score (nSPS) is 17.8. The number of benzene rings is 2. The Labute approximate surface area is 185 Å². The molecule has 9 heteroatoms. The molecule has 2 aromatic carbocycles. The van der Waals surface area contributed by atoms with E-state index >= 15 is 0 Å². The Hall–Kier alpha value is -3.88. The van der Waals surface area contributed by atoms with Crippen LogP contribution in [0.5, 0.6) is 11.5 Å². The van der Waals surface area contributed by atoms with Crippen molar-refractivity contribution in [2.45, 2.75) is 25.4 Å². The molecule has 0 radical (unpaired) electrons. The van der Waals surface area contributed by atoms with E-state index in [0.717, 1.165) is 0 Å². The summed E-state index contributed by atoms with van der Waals surface area (Å²) in [5, 5.41) is 10.1. The first-order chi connectivity index (χ1) is 15.5. The third-order valence-electron chi connectivity index (χ3n) is 5.48. The molecule has 2 N–H and O–H groups in total. The Bertz CT molecular complexity index is 1110. The summed E-state index contributed by atoms with van der Waals surface area (Å²) in [4.78, 5) is 32.4. The topological polar surface area (TPSA) is 109 Å². The van der Waals surface area contributed by atoms with Crippen molar-refractivity contribution < 1.29 is 19.1 Å². The molecule has 1 fully saturated rings. The lowest BCUT2D eigenvalue weighted by Crippen LogP contribution is -2.38. The fraction of sp³-hybridized carbons (Fsp3) is 0.304. The summed E-state index contributed by atoms with van der Waals surface area (Å²) in [6.45, 7) is 2.12. The fourth-order valence-electron chi connectivity index (χ4n) is 3.99. The average molecular weight is 435 g/mol. The summed E-state index contributed by atoms with van der Waals surface area (Å²) in [5.74, 6) is 1.56. The molecule has 2 amide bonds. The molecule has 2 atom stereocenters. The highest BCUT2D eigenvalue weighted by Crippen LogP contribution is 2.36. The lowest BCUT2D eigenvalue weighted by atomic mass is 10.1. The van der Waals surface area contributed by atoms with Crippen molar-refractivity contribution in [1.29, 1.82) is 0 Å². The quantitative estimate of drug-likeness (QED) is 0.616. The molecule has 9 nitrogen and oxygen atoms in total. The highest BCUT2D eigenvalue weighted by molar-refractivity contribution is 5.98. The molecular formula is C23H25N5O4. The van der Waals surface area contributed by atoms with E-state index in [0.29, 0.717) is 47.2 Å². The number of methoxy groups -OCH3 is 2. The number of nitrogens with zero attached hydrogens (tertiary/aromatic N) is 3. The molecule has 1 aromatic heterocycles. The summed E-state index contributed by atoms with van der Waals surface area (Å²) in [7, 11) is 3.02. The van der Waals surface area contributed by atoms with Crippen LogP contribution in [0.15, 0.2) is 48.5 Å². The van der Waals surface area contributed by atoms with Crippen molar-refractivity contribution in [1.82, 2.24) is 25.4 Å². The van der Waals surface area contributed by atoms with Gasteiger partial charge in [0.1, 0.15) is 5.82 Å². The van der Waals surface area contributed by atoms with Gasteiger partial charge in [0.25, 0.3) is 11.8 Å². The molecule has 1 aliphatic rings. The van der Waals surface area contributed by atoms with Gasteiger partial charge < -0.3 is 19.7 Å². The van der Waals surface area contributed by atoms with Crippen LogP contribution < -0.4 is 14.8 Å². The lowest BCUT2D eigenvalue weighted by molar-refractivity contribution is 0.0720. The molecule has 4 rings (SSSR count). The number of para-hydroxylation sites is 1. The number of hydrogen-bond acceptors (Lipinski definition) is 6. The van der Waals surface area contributed by atoms with Gasteiger partial charge in [-0.05, 0) is 37.6 Å². The summed E-state index contributed by atoms with van der Waals surface area (Å²) < 4.78 is 10.8. The van der Waals surface area contributed by atoms with Gasteiger partial charge >= 0.3 is 0 Å². The van der Waals surface area contributed by atoms with E-state index in [1.54, 1.807) is 42.2 Å². The Morgan fingerprint density at radius 1 is 1.09 bits per heavy atom. The highest BCUT2D eigenvalue weighted by Gasteiger charge is 2.40. The van der Waals surface area contributed by atoms with Gasteiger partial charge in [-0.1, -0.05) is 24.3 Å². The monoisotopic (exact) mass is 435 g/mol. The first-order valence-electron chi connectivity index (χ1n) is 10.3. The maximum Gasteiger partial charge on any atom is 0.258 e. The zero-order valence-corrected chi connectivity index (χ0v) is 18.2. The number of aromatic amines is 1. The molecule has 2 heterocycles. The number of likely N-dealkylation sites (tertiary alicyclic amines) is 1. The van der Waals surface area contributed by atoms with Crippen LogP contribution in [-0.2, 0) is 0 Å². The van der Waals surface area contributed by atoms with Gasteiger partial charge in [0.2, 0.25) is 0 Å². The van der Waals surface area contributed by atoms with E-state index in [-0.39, 0.29) is 17.9 Å². The van der Waals surface area contributed by atoms with Crippen molar-refractivity contribution in [3.05, 3.63) is 71.3 Å². The minimum atomic E-state index is -0.399. The lowest BCUT2D eigenvalue weighted by Gasteiger charge is -2.24. The molecular weight excluding hydrogens is 410 g/mol. The van der Waals surface area contributed by atoms with E-state index < -0.39 is 6.04 Å². The number of H-pyrrole nitrogens is 1. The van der Waals surface area contributed by atoms with Crippen molar-refractivity contribution in [3.8, 4) is 11.5 Å². The van der Waals surface area contributed by atoms with Crippen molar-refractivity contribution in [2.75, 3.05) is 20.8 Å². The zero-order chi connectivity index (χ0) is 22.7. The average Bonchev–Trinajstić information content (AvgIpc) is 3.44. The van der Waals surface area contributed by atoms with Crippen LogP contribution in [0.4, 0.5) is 0 Å². The van der Waals surface area contributed by atoms with Crippen LogP contribution >= 0.6 is 0 Å². The van der Waals surface area contributed by atoms with Gasteiger partial charge in [0.15, 0.2) is 17.3 Å². The summed E-state index contributed by atoms with van der Waals surface area (Å²) in [5.41, 5.74) is 0.941. The molecule has 0 unspecified atom stereocenters. The number of amides is 2. The second-order valence-corrected chi connectivity index (χ2v) is 7.57. The molecule has 3 aromatic rings. The summed E-state index contributed by atoms with van der Waals surface area (Å²) >= 11 is 0. The smallest absolute Gasteiger partial charge is 0.258 e. The highest BCUT2D eigenvalue weighted by atomic mass is 16.5. The van der Waals surface area contributed by atoms with E-state index in [1.165, 1.54) is 14.2 Å². The number of ether oxygens (including phenoxy) is 2. The van der Waals surface area contributed by atoms with Gasteiger partial charge in [-0.15, -0.1) is 0 Å². The number of carbonyl (C=O) groups is 2. The van der Waals surface area contributed by atoms with Gasteiger partial charge in [-0.3, -0.25) is 14.7 Å². The summed E-state index contributed by atoms with van der Waals surface area (Å²) in [6, 6.07) is 13.5. The molecule has 1 aliphatic heterocycles. The van der Waals surface area contributed by atoms with Gasteiger partial charge in [-0.25, -0.2) is 4.98 Å². The van der Waals surface area contributed by atoms with Crippen molar-refractivity contribution in [2.24, 2.45) is 0 Å². The van der Waals surface area contributed by atoms with Gasteiger partial charge in [0, 0.05) is 18.2 Å². The molecule has 0 bridgehead atoms. The second kappa shape index (κ2) is 9.09. The number of nitrogens with one attached hydrogen (secondary N) is 2. The Morgan fingerprint density at radius 2 is 1.88 bits per heavy atom. The van der Waals surface area contributed by atoms with Crippen molar-refractivity contribution >= 4 is 11.8 Å².